The summed E-state index contributed by atoms with van der Waals surface area (Å²) in [6.07, 6.45) is 2.48. The fourth-order valence-corrected chi connectivity index (χ4v) is 2.77. The van der Waals surface area contributed by atoms with Crippen LogP contribution in [0.5, 0.6) is 0 Å². The summed E-state index contributed by atoms with van der Waals surface area (Å²) in [6, 6.07) is 5.76. The molecule has 0 amide bonds. The molecule has 4 nitrogen and oxygen atoms in total. The Bertz CT molecular complexity index is 547. The maximum Gasteiger partial charge on any atom is 0.241 e. The summed E-state index contributed by atoms with van der Waals surface area (Å²) in [5, 5.41) is 0. The van der Waals surface area contributed by atoms with Gasteiger partial charge in [0.05, 0.1) is 10.9 Å². The third kappa shape index (κ3) is 4.61. The van der Waals surface area contributed by atoms with Crippen LogP contribution in [0.4, 0.5) is 0 Å². The maximum absolute atomic E-state index is 12.0. The molecule has 0 bridgehead atoms. The highest BCUT2D eigenvalue weighted by molar-refractivity contribution is 7.89. The molecular formula is C14H19NO3S. The monoisotopic (exact) mass is 281 g/mol. The van der Waals surface area contributed by atoms with Crippen LogP contribution in [0.25, 0.3) is 0 Å². The molecule has 5 heteroatoms. The molecule has 1 aromatic carbocycles. The molecule has 0 aromatic heterocycles. The van der Waals surface area contributed by atoms with Crippen molar-refractivity contribution in [1.82, 2.24) is 4.72 Å². The van der Waals surface area contributed by atoms with Gasteiger partial charge in [-0.05, 0) is 32.4 Å². The van der Waals surface area contributed by atoms with Crippen LogP contribution in [0.2, 0.25) is 0 Å². The molecule has 0 saturated carbocycles. The molecule has 0 fully saturated rings. The molecule has 1 rings (SSSR count). The lowest BCUT2D eigenvalue weighted by Gasteiger charge is -2.13. The Balaban J connectivity index is 2.76. The summed E-state index contributed by atoms with van der Waals surface area (Å²) in [6.45, 7) is 6.96. The van der Waals surface area contributed by atoms with Gasteiger partial charge in [0.2, 0.25) is 10.0 Å². The van der Waals surface area contributed by atoms with Crippen molar-refractivity contribution in [2.24, 2.45) is 0 Å². The van der Waals surface area contributed by atoms with Crippen LogP contribution in [-0.4, -0.2) is 20.2 Å². The number of allylic oxidation sites excluding steroid dienone is 1. The van der Waals surface area contributed by atoms with Crippen molar-refractivity contribution in [1.29, 1.82) is 0 Å². The van der Waals surface area contributed by atoms with Crippen molar-refractivity contribution < 1.29 is 13.2 Å². The summed E-state index contributed by atoms with van der Waals surface area (Å²) >= 11 is 0. The van der Waals surface area contributed by atoms with Gasteiger partial charge in [-0.15, -0.1) is 6.58 Å². The van der Waals surface area contributed by atoms with Gasteiger partial charge in [-0.2, -0.15) is 0 Å². The smallest absolute Gasteiger partial charge is 0.241 e. The van der Waals surface area contributed by atoms with Crippen molar-refractivity contribution in [3.8, 4) is 0 Å². The second kappa shape index (κ2) is 6.63. The third-order valence-corrected chi connectivity index (χ3v) is 4.30. The minimum Gasteiger partial charge on any atom is -0.298 e. The van der Waals surface area contributed by atoms with Crippen molar-refractivity contribution in [2.75, 3.05) is 0 Å². The normalized spacial score (nSPS) is 12.9. The van der Waals surface area contributed by atoms with E-state index in [1.165, 1.54) is 12.1 Å². The summed E-state index contributed by atoms with van der Waals surface area (Å²) in [5.41, 5.74) is 0.981. The van der Waals surface area contributed by atoms with Crippen LogP contribution in [0.1, 0.15) is 25.3 Å². The lowest BCUT2D eigenvalue weighted by Crippen LogP contribution is -2.38. The number of benzene rings is 1. The van der Waals surface area contributed by atoms with E-state index in [0.717, 1.165) is 5.56 Å². The Hall–Kier alpha value is -1.46. The van der Waals surface area contributed by atoms with E-state index in [2.05, 4.69) is 11.3 Å². The Kier molecular flexibility index (Phi) is 5.44. The molecule has 1 atom stereocenters. The highest BCUT2D eigenvalue weighted by atomic mass is 32.2. The summed E-state index contributed by atoms with van der Waals surface area (Å²) in [7, 11) is -3.64. The number of ketones is 1. The second-order valence-corrected chi connectivity index (χ2v) is 6.16. The van der Waals surface area contributed by atoms with Crippen LogP contribution in [0.3, 0.4) is 0 Å². The van der Waals surface area contributed by atoms with E-state index in [0.29, 0.717) is 12.8 Å². The minimum absolute atomic E-state index is 0.143. The van der Waals surface area contributed by atoms with Gasteiger partial charge in [0.25, 0.3) is 0 Å². The number of rotatable bonds is 7. The first kappa shape index (κ1) is 15.6. The van der Waals surface area contributed by atoms with Gasteiger partial charge in [-0.3, -0.25) is 4.79 Å². The number of carbonyl (C=O) groups is 1. The molecule has 0 radical (unpaired) electrons. The number of hydrogen-bond acceptors (Lipinski definition) is 3. The fraction of sp³-hybridized carbons (Fsp3) is 0.357. The SMILES string of the molecule is C=CCCC(=O)[C@H](C)NS(=O)(=O)c1ccc(C)cc1. The molecule has 1 aromatic rings. The predicted octanol–water partition coefficient (Wildman–Crippen LogP) is 2.20. The maximum atomic E-state index is 12.0. The van der Waals surface area contributed by atoms with E-state index >= 15 is 0 Å². The molecule has 0 aliphatic carbocycles. The van der Waals surface area contributed by atoms with E-state index in [9.17, 15) is 13.2 Å². The predicted molar refractivity (Wildman–Crippen MR) is 75.4 cm³/mol. The number of carbonyl (C=O) groups excluding carboxylic acids is 1. The summed E-state index contributed by atoms with van der Waals surface area (Å²) in [4.78, 5) is 11.9. The van der Waals surface area contributed by atoms with E-state index in [-0.39, 0.29) is 10.7 Å². The van der Waals surface area contributed by atoms with Crippen LogP contribution in [0.15, 0.2) is 41.8 Å². The van der Waals surface area contributed by atoms with Crippen molar-refractivity contribution in [2.45, 2.75) is 37.6 Å². The number of nitrogens with one attached hydrogen (secondary N) is 1. The number of aryl methyl sites for hydroxylation is 1. The fourth-order valence-electron chi connectivity index (χ4n) is 1.54. The standard InChI is InChI=1S/C14H19NO3S/c1-4-5-6-14(16)12(3)15-19(17,18)13-9-7-11(2)8-10-13/h4,7-10,12,15H,1,5-6H2,2-3H3/t12-/m0/s1. The topological polar surface area (TPSA) is 63.2 Å². The average molecular weight is 281 g/mol. The molecule has 0 saturated heterocycles. The van der Waals surface area contributed by atoms with E-state index in [1.807, 2.05) is 6.92 Å². The van der Waals surface area contributed by atoms with E-state index < -0.39 is 16.1 Å². The van der Waals surface area contributed by atoms with Crippen LogP contribution < -0.4 is 4.72 Å². The van der Waals surface area contributed by atoms with Gasteiger partial charge in [0.1, 0.15) is 0 Å². The lowest BCUT2D eigenvalue weighted by atomic mass is 10.1. The first-order chi connectivity index (χ1) is 8.86. The molecular weight excluding hydrogens is 262 g/mol. The molecule has 1 N–H and O–H groups in total. The number of hydrogen-bond donors (Lipinski definition) is 1. The first-order valence-electron chi connectivity index (χ1n) is 6.09. The van der Waals surface area contributed by atoms with Gasteiger partial charge < -0.3 is 0 Å². The number of sulfonamides is 1. The van der Waals surface area contributed by atoms with Gasteiger partial charge in [0.15, 0.2) is 5.78 Å². The molecule has 0 aliphatic heterocycles. The van der Waals surface area contributed by atoms with Crippen LogP contribution in [-0.2, 0) is 14.8 Å². The Morgan fingerprint density at radius 2 is 1.95 bits per heavy atom. The first-order valence-corrected chi connectivity index (χ1v) is 7.57. The zero-order valence-electron chi connectivity index (χ0n) is 11.2. The summed E-state index contributed by atoms with van der Waals surface area (Å²) in [5.74, 6) is -0.143. The molecule has 0 heterocycles. The number of Topliss-reactive ketones (excluding diaryl/α,β-unsaturated/α-hetero) is 1. The van der Waals surface area contributed by atoms with E-state index in [1.54, 1.807) is 25.1 Å². The lowest BCUT2D eigenvalue weighted by molar-refractivity contribution is -0.120. The van der Waals surface area contributed by atoms with E-state index in [4.69, 9.17) is 0 Å². The second-order valence-electron chi connectivity index (χ2n) is 4.45. The molecule has 0 unspecified atom stereocenters. The largest absolute Gasteiger partial charge is 0.298 e. The molecule has 0 aliphatic rings. The van der Waals surface area contributed by atoms with Crippen molar-refractivity contribution in [3.05, 3.63) is 42.5 Å². The Morgan fingerprint density at radius 3 is 2.47 bits per heavy atom. The zero-order chi connectivity index (χ0) is 14.5. The quantitative estimate of drug-likeness (QED) is 0.779. The third-order valence-electron chi connectivity index (χ3n) is 2.74. The van der Waals surface area contributed by atoms with Gasteiger partial charge in [0, 0.05) is 6.42 Å². The Labute approximate surface area is 114 Å². The highest BCUT2D eigenvalue weighted by Gasteiger charge is 2.21. The van der Waals surface area contributed by atoms with Crippen LogP contribution >= 0.6 is 0 Å². The van der Waals surface area contributed by atoms with Gasteiger partial charge in [-0.1, -0.05) is 23.8 Å². The molecule has 0 spiro atoms. The van der Waals surface area contributed by atoms with Gasteiger partial charge >= 0.3 is 0 Å². The zero-order valence-corrected chi connectivity index (χ0v) is 12.0. The van der Waals surface area contributed by atoms with Gasteiger partial charge in [-0.25, -0.2) is 13.1 Å². The Morgan fingerprint density at radius 1 is 1.37 bits per heavy atom. The minimum atomic E-state index is -3.64. The highest BCUT2D eigenvalue weighted by Crippen LogP contribution is 2.11. The molecule has 19 heavy (non-hydrogen) atoms. The van der Waals surface area contributed by atoms with Crippen molar-refractivity contribution >= 4 is 15.8 Å². The molecule has 104 valence electrons. The summed E-state index contributed by atoms with van der Waals surface area (Å²) < 4.78 is 26.5. The van der Waals surface area contributed by atoms with Crippen LogP contribution in [0, 0.1) is 6.92 Å². The average Bonchev–Trinajstić information content (AvgIpc) is 2.35. The van der Waals surface area contributed by atoms with Crippen molar-refractivity contribution in [3.63, 3.8) is 0 Å².